The second-order valence-corrected chi connectivity index (χ2v) is 4.93. The molecule has 0 aliphatic heterocycles. The highest BCUT2D eigenvalue weighted by Crippen LogP contribution is 2.39. The maximum absolute atomic E-state index is 11.7. The SMILES string of the molecule is O=C(NCCc1ccccn1)Nc1cc(C2CC2)[nH]n1. The van der Waals surface area contributed by atoms with Gasteiger partial charge in [-0.25, -0.2) is 4.79 Å². The van der Waals surface area contributed by atoms with Gasteiger partial charge in [-0.05, 0) is 25.0 Å². The van der Waals surface area contributed by atoms with Crippen LogP contribution in [0.5, 0.6) is 0 Å². The molecule has 104 valence electrons. The molecule has 6 nitrogen and oxygen atoms in total. The number of aromatic nitrogens is 3. The third kappa shape index (κ3) is 3.34. The van der Waals surface area contributed by atoms with Crippen molar-refractivity contribution in [1.29, 1.82) is 0 Å². The number of aromatic amines is 1. The molecule has 1 fully saturated rings. The maximum atomic E-state index is 11.7. The number of nitrogens with one attached hydrogen (secondary N) is 3. The Balaban J connectivity index is 1.42. The molecule has 0 bridgehead atoms. The van der Waals surface area contributed by atoms with Crippen molar-refractivity contribution >= 4 is 11.8 Å². The number of hydrogen-bond acceptors (Lipinski definition) is 3. The van der Waals surface area contributed by atoms with Gasteiger partial charge in [-0.2, -0.15) is 5.10 Å². The highest BCUT2D eigenvalue weighted by Gasteiger charge is 2.25. The van der Waals surface area contributed by atoms with E-state index in [2.05, 4.69) is 25.8 Å². The molecule has 2 aromatic rings. The molecule has 1 saturated carbocycles. The first-order valence-corrected chi connectivity index (χ1v) is 6.81. The normalized spacial score (nSPS) is 14.0. The van der Waals surface area contributed by atoms with Gasteiger partial charge in [-0.1, -0.05) is 6.07 Å². The van der Waals surface area contributed by atoms with Crippen molar-refractivity contribution in [1.82, 2.24) is 20.5 Å². The molecule has 0 atom stereocenters. The summed E-state index contributed by atoms with van der Waals surface area (Å²) in [4.78, 5) is 15.9. The zero-order valence-electron chi connectivity index (χ0n) is 11.1. The largest absolute Gasteiger partial charge is 0.337 e. The molecule has 0 radical (unpaired) electrons. The number of amides is 2. The predicted molar refractivity (Wildman–Crippen MR) is 75.5 cm³/mol. The minimum Gasteiger partial charge on any atom is -0.337 e. The average molecular weight is 271 g/mol. The van der Waals surface area contributed by atoms with E-state index in [4.69, 9.17) is 0 Å². The highest BCUT2D eigenvalue weighted by molar-refractivity contribution is 5.88. The fraction of sp³-hybridized carbons (Fsp3) is 0.357. The number of hydrogen-bond donors (Lipinski definition) is 3. The number of carbonyl (C=O) groups is 1. The molecule has 3 N–H and O–H groups in total. The van der Waals surface area contributed by atoms with Crippen LogP contribution in [-0.4, -0.2) is 27.8 Å². The van der Waals surface area contributed by atoms with E-state index in [1.54, 1.807) is 6.20 Å². The van der Waals surface area contributed by atoms with Crippen LogP contribution in [0.2, 0.25) is 0 Å². The fourth-order valence-electron chi connectivity index (χ4n) is 2.01. The van der Waals surface area contributed by atoms with Crippen LogP contribution >= 0.6 is 0 Å². The molecule has 20 heavy (non-hydrogen) atoms. The zero-order chi connectivity index (χ0) is 13.8. The third-order valence-electron chi connectivity index (χ3n) is 3.25. The van der Waals surface area contributed by atoms with Gasteiger partial charge in [-0.15, -0.1) is 0 Å². The lowest BCUT2D eigenvalue weighted by Crippen LogP contribution is -2.30. The smallest absolute Gasteiger partial charge is 0.320 e. The molecule has 6 heteroatoms. The van der Waals surface area contributed by atoms with Crippen molar-refractivity contribution in [2.24, 2.45) is 0 Å². The predicted octanol–water partition coefficient (Wildman–Crippen LogP) is 2.05. The van der Waals surface area contributed by atoms with Gasteiger partial charge in [0.2, 0.25) is 0 Å². The van der Waals surface area contributed by atoms with Gasteiger partial charge in [0.15, 0.2) is 5.82 Å². The average Bonchev–Trinajstić information content (AvgIpc) is 3.21. The Bertz CT molecular complexity index is 576. The summed E-state index contributed by atoms with van der Waals surface area (Å²) in [6.07, 6.45) is 4.87. The zero-order valence-corrected chi connectivity index (χ0v) is 11.1. The molecular weight excluding hydrogens is 254 g/mol. The lowest BCUT2D eigenvalue weighted by molar-refractivity contribution is 0.252. The van der Waals surface area contributed by atoms with Crippen LogP contribution in [0.3, 0.4) is 0 Å². The van der Waals surface area contributed by atoms with Gasteiger partial charge in [-0.3, -0.25) is 15.4 Å². The molecular formula is C14H17N5O. The molecule has 2 amide bonds. The van der Waals surface area contributed by atoms with Crippen LogP contribution in [0, 0.1) is 0 Å². The Morgan fingerprint density at radius 3 is 3.05 bits per heavy atom. The Labute approximate surface area is 117 Å². The minimum absolute atomic E-state index is 0.241. The van der Waals surface area contributed by atoms with E-state index in [-0.39, 0.29) is 6.03 Å². The Morgan fingerprint density at radius 1 is 1.40 bits per heavy atom. The quantitative estimate of drug-likeness (QED) is 0.778. The summed E-state index contributed by atoms with van der Waals surface area (Å²) in [5, 5.41) is 12.5. The van der Waals surface area contributed by atoms with Crippen molar-refractivity contribution in [3.05, 3.63) is 41.9 Å². The Hall–Kier alpha value is -2.37. The Morgan fingerprint density at radius 2 is 2.30 bits per heavy atom. The summed E-state index contributed by atoms with van der Waals surface area (Å²) in [6, 6.07) is 7.41. The molecule has 0 saturated heterocycles. The maximum Gasteiger partial charge on any atom is 0.320 e. The fourth-order valence-corrected chi connectivity index (χ4v) is 2.01. The summed E-state index contributed by atoms with van der Waals surface area (Å²) in [5.74, 6) is 1.17. The number of nitrogens with zero attached hydrogens (tertiary/aromatic N) is 2. The molecule has 1 aliphatic rings. The van der Waals surface area contributed by atoms with E-state index in [0.29, 0.717) is 24.7 Å². The Kier molecular flexibility index (Phi) is 3.62. The van der Waals surface area contributed by atoms with Crippen molar-refractivity contribution < 1.29 is 4.79 Å². The van der Waals surface area contributed by atoms with E-state index >= 15 is 0 Å². The van der Waals surface area contributed by atoms with Crippen LogP contribution in [-0.2, 0) is 6.42 Å². The van der Waals surface area contributed by atoms with Crippen LogP contribution in [0.15, 0.2) is 30.5 Å². The van der Waals surface area contributed by atoms with Crippen molar-refractivity contribution in [2.75, 3.05) is 11.9 Å². The van der Waals surface area contributed by atoms with Crippen LogP contribution < -0.4 is 10.6 Å². The van der Waals surface area contributed by atoms with Gasteiger partial charge in [0.05, 0.1) is 0 Å². The van der Waals surface area contributed by atoms with Crippen LogP contribution in [0.25, 0.3) is 0 Å². The van der Waals surface area contributed by atoms with E-state index < -0.39 is 0 Å². The van der Waals surface area contributed by atoms with Gasteiger partial charge in [0.1, 0.15) is 0 Å². The first-order chi connectivity index (χ1) is 9.81. The monoisotopic (exact) mass is 271 g/mol. The van der Waals surface area contributed by atoms with Crippen molar-refractivity contribution in [2.45, 2.75) is 25.2 Å². The number of H-pyrrole nitrogens is 1. The molecule has 0 unspecified atom stereocenters. The summed E-state index contributed by atoms with van der Waals surface area (Å²) in [5.41, 5.74) is 2.07. The number of rotatable bonds is 5. The summed E-state index contributed by atoms with van der Waals surface area (Å²) in [6.45, 7) is 0.544. The minimum atomic E-state index is -0.241. The summed E-state index contributed by atoms with van der Waals surface area (Å²) >= 11 is 0. The molecule has 0 spiro atoms. The number of pyridine rings is 1. The third-order valence-corrected chi connectivity index (χ3v) is 3.25. The van der Waals surface area contributed by atoms with Gasteiger partial charge >= 0.3 is 6.03 Å². The van der Waals surface area contributed by atoms with E-state index in [1.807, 2.05) is 24.3 Å². The number of carbonyl (C=O) groups excluding carboxylic acids is 1. The van der Waals surface area contributed by atoms with Crippen molar-refractivity contribution in [3.63, 3.8) is 0 Å². The molecule has 3 rings (SSSR count). The molecule has 2 aromatic heterocycles. The molecule has 2 heterocycles. The van der Waals surface area contributed by atoms with Gasteiger partial charge in [0.25, 0.3) is 0 Å². The number of anilines is 1. The lowest BCUT2D eigenvalue weighted by atomic mass is 10.3. The van der Waals surface area contributed by atoms with Crippen LogP contribution in [0.4, 0.5) is 10.6 Å². The topological polar surface area (TPSA) is 82.7 Å². The van der Waals surface area contributed by atoms with E-state index in [1.165, 1.54) is 12.8 Å². The number of urea groups is 1. The standard InChI is InChI=1S/C14H17N5O/c20-14(16-8-6-11-3-1-2-7-15-11)17-13-9-12(18-19-13)10-4-5-10/h1-3,7,9-10H,4-6,8H2,(H3,16,17,18,19,20). The lowest BCUT2D eigenvalue weighted by Gasteiger charge is -2.04. The molecule has 0 aromatic carbocycles. The first-order valence-electron chi connectivity index (χ1n) is 6.81. The summed E-state index contributed by atoms with van der Waals surface area (Å²) in [7, 11) is 0. The van der Waals surface area contributed by atoms with E-state index in [0.717, 1.165) is 11.4 Å². The highest BCUT2D eigenvalue weighted by atomic mass is 16.2. The molecule has 1 aliphatic carbocycles. The van der Waals surface area contributed by atoms with Gasteiger partial charge < -0.3 is 5.32 Å². The second-order valence-electron chi connectivity index (χ2n) is 4.93. The van der Waals surface area contributed by atoms with Crippen LogP contribution in [0.1, 0.15) is 30.1 Å². The van der Waals surface area contributed by atoms with E-state index in [9.17, 15) is 4.79 Å². The first kappa shape index (κ1) is 12.7. The summed E-state index contributed by atoms with van der Waals surface area (Å²) < 4.78 is 0. The second kappa shape index (κ2) is 5.73. The van der Waals surface area contributed by atoms with Crippen molar-refractivity contribution in [3.8, 4) is 0 Å². The van der Waals surface area contributed by atoms with Gasteiger partial charge in [0, 0.05) is 42.5 Å².